The molecule has 8 nitrogen and oxygen atoms in total. The Morgan fingerprint density at radius 1 is 1.17 bits per heavy atom. The molecule has 3 fully saturated rings. The van der Waals surface area contributed by atoms with E-state index >= 15 is 0 Å². The summed E-state index contributed by atoms with van der Waals surface area (Å²) >= 11 is 1.83. The van der Waals surface area contributed by atoms with E-state index < -0.39 is 0 Å². The van der Waals surface area contributed by atoms with Gasteiger partial charge in [0, 0.05) is 44.2 Å². The van der Waals surface area contributed by atoms with E-state index in [4.69, 9.17) is 20.4 Å². The molecule has 3 aromatic heterocycles. The topological polar surface area (TPSA) is 91.2 Å². The highest BCUT2D eigenvalue weighted by atomic mass is 32.1. The number of hydrogen-bond donors (Lipinski definition) is 1. The van der Waals surface area contributed by atoms with Crippen LogP contribution in [0, 0.1) is 5.92 Å². The number of aryl methyl sites for hydroxylation is 1. The highest BCUT2D eigenvalue weighted by Crippen LogP contribution is 2.45. The number of nitrogens with zero attached hydrogens (tertiary/aromatic N) is 5. The number of thiazole rings is 1. The highest BCUT2D eigenvalue weighted by Gasteiger charge is 2.31. The number of benzene rings is 1. The molecular weight excluding hydrogens is 472 g/mol. The van der Waals surface area contributed by atoms with Crippen molar-refractivity contribution < 1.29 is 9.53 Å². The minimum Gasteiger partial charge on any atom is -0.494 e. The molecule has 36 heavy (non-hydrogen) atoms. The normalized spacial score (nSPS) is 20.5. The molecule has 7 rings (SSSR count). The maximum atomic E-state index is 13.3. The fraction of sp³-hybridized carbons (Fsp3) is 0.519. The van der Waals surface area contributed by atoms with E-state index in [2.05, 4.69) is 15.2 Å². The number of amides is 1. The van der Waals surface area contributed by atoms with Crippen LogP contribution in [0.15, 0.2) is 18.2 Å². The van der Waals surface area contributed by atoms with Gasteiger partial charge in [-0.1, -0.05) is 0 Å². The minimum atomic E-state index is -0.00743. The summed E-state index contributed by atoms with van der Waals surface area (Å²) in [6.07, 6.45) is 6.99. The first-order chi connectivity index (χ1) is 17.5. The third-order valence-electron chi connectivity index (χ3n) is 7.90. The van der Waals surface area contributed by atoms with Crippen molar-refractivity contribution in [2.24, 2.45) is 18.7 Å². The summed E-state index contributed by atoms with van der Waals surface area (Å²) in [5, 5.41) is 1.28. The van der Waals surface area contributed by atoms with E-state index in [-0.39, 0.29) is 11.9 Å². The molecule has 1 amide bonds. The summed E-state index contributed by atoms with van der Waals surface area (Å²) in [5.74, 6) is 2.91. The van der Waals surface area contributed by atoms with Gasteiger partial charge in [0.05, 0.1) is 28.0 Å². The third kappa shape index (κ3) is 3.71. The molecule has 2 aliphatic carbocycles. The van der Waals surface area contributed by atoms with Crippen LogP contribution >= 0.6 is 11.3 Å². The number of aromatic nitrogens is 4. The first-order valence-corrected chi connectivity index (χ1v) is 13.9. The molecule has 0 spiro atoms. The average molecular weight is 505 g/mol. The SMILES string of the molecule is COc1cc(C(=O)N2CCCC(N)C2)cc2nc(-c3cc4sc(C5CC5)nc4n3CC3CC3)n(C)c12. The number of nitrogens with two attached hydrogens (primary N) is 1. The van der Waals surface area contributed by atoms with Gasteiger partial charge in [0.2, 0.25) is 0 Å². The number of rotatable bonds is 6. The number of likely N-dealkylation sites (tertiary alicyclic amines) is 1. The van der Waals surface area contributed by atoms with Crippen molar-refractivity contribution in [2.75, 3.05) is 20.2 Å². The predicted molar refractivity (Wildman–Crippen MR) is 142 cm³/mol. The van der Waals surface area contributed by atoms with Gasteiger partial charge < -0.3 is 24.5 Å². The van der Waals surface area contributed by atoms with Crippen LogP contribution in [-0.4, -0.2) is 56.2 Å². The number of imidazole rings is 1. The number of carbonyl (C=O) groups excluding carboxylic acids is 1. The number of piperidine rings is 1. The fourth-order valence-corrected chi connectivity index (χ4v) is 6.75. The number of methoxy groups -OCH3 is 1. The van der Waals surface area contributed by atoms with Gasteiger partial charge in [-0.05, 0) is 62.6 Å². The Bertz CT molecular complexity index is 1490. The van der Waals surface area contributed by atoms with E-state index in [0.717, 1.165) is 60.0 Å². The highest BCUT2D eigenvalue weighted by molar-refractivity contribution is 7.18. The van der Waals surface area contributed by atoms with Crippen molar-refractivity contribution in [3.63, 3.8) is 0 Å². The standard InChI is InChI=1S/C27H32N6O2S/c1-31-23-19(10-17(11-21(23)35-2)27(34)32-9-3-4-18(28)14-32)29-24(31)20-12-22-25(33(20)13-15-5-6-15)30-26(36-22)16-7-8-16/h10-12,15-16,18H,3-9,13-14,28H2,1-2H3. The van der Waals surface area contributed by atoms with Crippen molar-refractivity contribution in [3.05, 3.63) is 28.8 Å². The molecule has 3 aliphatic rings. The molecule has 1 aliphatic heterocycles. The van der Waals surface area contributed by atoms with Crippen molar-refractivity contribution in [1.82, 2.24) is 24.0 Å². The van der Waals surface area contributed by atoms with Gasteiger partial charge in [-0.3, -0.25) is 4.79 Å². The van der Waals surface area contributed by atoms with Crippen molar-refractivity contribution >= 4 is 38.6 Å². The summed E-state index contributed by atoms with van der Waals surface area (Å²) in [6, 6.07) is 6.05. The lowest BCUT2D eigenvalue weighted by molar-refractivity contribution is 0.0708. The van der Waals surface area contributed by atoms with Crippen LogP contribution in [0.3, 0.4) is 0 Å². The second kappa shape index (κ2) is 8.31. The average Bonchev–Trinajstić information content (AvgIpc) is 3.79. The second-order valence-corrected chi connectivity index (χ2v) is 11.9. The second-order valence-electron chi connectivity index (χ2n) is 10.8. The third-order valence-corrected chi connectivity index (χ3v) is 9.06. The number of fused-ring (bicyclic) bond motifs is 2. The molecule has 4 aromatic rings. The molecule has 9 heteroatoms. The molecule has 2 N–H and O–H groups in total. The first kappa shape index (κ1) is 22.3. The number of hydrogen-bond acceptors (Lipinski definition) is 6. The molecule has 1 unspecified atom stereocenters. The van der Waals surface area contributed by atoms with E-state index in [0.29, 0.717) is 23.8 Å². The number of ether oxygens (including phenoxy) is 1. The summed E-state index contributed by atoms with van der Waals surface area (Å²) in [6.45, 7) is 2.31. The van der Waals surface area contributed by atoms with Crippen LogP contribution in [0.25, 0.3) is 32.9 Å². The molecule has 1 atom stereocenters. The molecule has 2 saturated carbocycles. The van der Waals surface area contributed by atoms with Gasteiger partial charge in [-0.2, -0.15) is 0 Å². The molecule has 0 bridgehead atoms. The predicted octanol–water partition coefficient (Wildman–Crippen LogP) is 4.51. The lowest BCUT2D eigenvalue weighted by Crippen LogP contribution is -2.45. The summed E-state index contributed by atoms with van der Waals surface area (Å²) in [4.78, 5) is 25.3. The zero-order valence-electron chi connectivity index (χ0n) is 20.9. The summed E-state index contributed by atoms with van der Waals surface area (Å²) < 4.78 is 11.5. The Balaban J connectivity index is 1.33. The smallest absolute Gasteiger partial charge is 0.254 e. The molecule has 188 valence electrons. The molecule has 4 heterocycles. The Kier molecular flexibility index (Phi) is 5.15. The van der Waals surface area contributed by atoms with Gasteiger partial charge in [0.25, 0.3) is 5.91 Å². The molecule has 1 aromatic carbocycles. The first-order valence-electron chi connectivity index (χ1n) is 13.1. The van der Waals surface area contributed by atoms with E-state index in [9.17, 15) is 4.79 Å². The van der Waals surface area contributed by atoms with Crippen LogP contribution in [0.2, 0.25) is 0 Å². The van der Waals surface area contributed by atoms with Gasteiger partial charge in [0.1, 0.15) is 11.3 Å². The molecular formula is C27H32N6O2S. The van der Waals surface area contributed by atoms with Gasteiger partial charge in [-0.25, -0.2) is 9.97 Å². The molecule has 1 saturated heterocycles. The van der Waals surface area contributed by atoms with Gasteiger partial charge in [0.15, 0.2) is 11.5 Å². The van der Waals surface area contributed by atoms with Crippen LogP contribution in [0.4, 0.5) is 0 Å². The lowest BCUT2D eigenvalue weighted by atomic mass is 10.0. The van der Waals surface area contributed by atoms with Crippen molar-refractivity contribution in [3.8, 4) is 17.3 Å². The van der Waals surface area contributed by atoms with Crippen molar-refractivity contribution in [1.29, 1.82) is 0 Å². The molecule has 0 radical (unpaired) electrons. The van der Waals surface area contributed by atoms with Crippen LogP contribution in [0.1, 0.15) is 59.8 Å². The van der Waals surface area contributed by atoms with Crippen LogP contribution in [-0.2, 0) is 13.6 Å². The minimum absolute atomic E-state index is 0.00743. The Labute approximate surface area is 214 Å². The monoisotopic (exact) mass is 504 g/mol. The quantitative estimate of drug-likeness (QED) is 0.417. The van der Waals surface area contributed by atoms with Gasteiger partial charge in [-0.15, -0.1) is 11.3 Å². The lowest BCUT2D eigenvalue weighted by Gasteiger charge is -2.30. The Morgan fingerprint density at radius 3 is 2.72 bits per heavy atom. The number of carbonyl (C=O) groups is 1. The van der Waals surface area contributed by atoms with Crippen LogP contribution < -0.4 is 10.5 Å². The summed E-state index contributed by atoms with van der Waals surface area (Å²) in [7, 11) is 3.69. The maximum Gasteiger partial charge on any atom is 0.254 e. The maximum absolute atomic E-state index is 13.3. The largest absolute Gasteiger partial charge is 0.494 e. The zero-order chi connectivity index (χ0) is 24.6. The van der Waals surface area contributed by atoms with Crippen LogP contribution in [0.5, 0.6) is 5.75 Å². The van der Waals surface area contributed by atoms with E-state index in [1.807, 2.05) is 35.4 Å². The Hall–Kier alpha value is -2.91. The fourth-order valence-electron chi connectivity index (χ4n) is 5.57. The summed E-state index contributed by atoms with van der Waals surface area (Å²) in [5.41, 5.74) is 10.6. The van der Waals surface area contributed by atoms with E-state index in [1.165, 1.54) is 35.4 Å². The Morgan fingerprint density at radius 2 is 2.00 bits per heavy atom. The van der Waals surface area contributed by atoms with Crippen molar-refractivity contribution in [2.45, 2.75) is 57.0 Å². The zero-order valence-corrected chi connectivity index (χ0v) is 21.7. The van der Waals surface area contributed by atoms with Gasteiger partial charge >= 0.3 is 0 Å². The van der Waals surface area contributed by atoms with E-state index in [1.54, 1.807) is 7.11 Å².